The first-order valence-corrected chi connectivity index (χ1v) is 9.68. The van der Waals surface area contributed by atoms with Crippen molar-refractivity contribution in [1.29, 1.82) is 0 Å². The normalized spacial score (nSPS) is 11.4. The van der Waals surface area contributed by atoms with Crippen LogP contribution in [-0.4, -0.2) is 57.9 Å². The van der Waals surface area contributed by atoms with Crippen LogP contribution in [-0.2, 0) is 9.53 Å². The molecule has 1 aromatic rings. The van der Waals surface area contributed by atoms with Crippen molar-refractivity contribution in [2.45, 2.75) is 25.8 Å². The van der Waals surface area contributed by atoms with Gasteiger partial charge in [-0.1, -0.05) is 6.92 Å². The lowest BCUT2D eigenvalue weighted by Gasteiger charge is -2.18. The van der Waals surface area contributed by atoms with E-state index in [9.17, 15) is 9.59 Å². The van der Waals surface area contributed by atoms with Gasteiger partial charge in [-0.25, -0.2) is 4.79 Å². The van der Waals surface area contributed by atoms with Crippen LogP contribution in [0.3, 0.4) is 0 Å². The molecule has 7 nitrogen and oxygen atoms in total. The summed E-state index contributed by atoms with van der Waals surface area (Å²) < 4.78 is 21.0. The fourth-order valence-electron chi connectivity index (χ4n) is 2.24. The summed E-state index contributed by atoms with van der Waals surface area (Å²) in [7, 11) is 4.44. The van der Waals surface area contributed by atoms with Crippen LogP contribution >= 0.6 is 11.8 Å². The molecule has 0 saturated carbocycles. The first kappa shape index (κ1) is 22.0. The molecule has 1 aromatic carbocycles. The van der Waals surface area contributed by atoms with Crippen LogP contribution < -0.4 is 19.5 Å². The lowest BCUT2D eigenvalue weighted by molar-refractivity contribution is -0.146. The smallest absolute Gasteiger partial charge is 0.328 e. The van der Waals surface area contributed by atoms with E-state index >= 15 is 0 Å². The predicted octanol–water partition coefficient (Wildman–Crippen LogP) is 2.52. The number of carbonyl (C=O) groups excluding carboxylic acids is 2. The van der Waals surface area contributed by atoms with Gasteiger partial charge in [-0.05, 0) is 37.0 Å². The lowest BCUT2D eigenvalue weighted by atomic mass is 10.1. The molecule has 0 saturated heterocycles. The van der Waals surface area contributed by atoms with Gasteiger partial charge in [0.2, 0.25) is 5.75 Å². The Bertz CT molecular complexity index is 582. The average Bonchev–Trinajstić information content (AvgIpc) is 2.67. The minimum Gasteiger partial charge on any atom is -0.493 e. The highest BCUT2D eigenvalue weighted by Crippen LogP contribution is 2.38. The minimum atomic E-state index is -0.708. The number of ether oxygens (including phenoxy) is 4. The Hall–Kier alpha value is -2.09. The van der Waals surface area contributed by atoms with Gasteiger partial charge in [-0.2, -0.15) is 11.8 Å². The maximum Gasteiger partial charge on any atom is 0.328 e. The molecule has 0 heterocycles. The molecule has 146 valence electrons. The molecule has 1 rings (SSSR count). The Labute approximate surface area is 158 Å². The fourth-order valence-corrected chi connectivity index (χ4v) is 2.71. The number of hydrogen-bond donors (Lipinski definition) is 1. The van der Waals surface area contributed by atoms with Crippen molar-refractivity contribution in [1.82, 2.24) is 5.32 Å². The largest absolute Gasteiger partial charge is 0.493 e. The SMILES string of the molecule is CCCOC(=O)[C@H](CCSC)NC(=O)c1cc(OC)c(OC)c(OC)c1. The van der Waals surface area contributed by atoms with E-state index in [1.54, 1.807) is 23.9 Å². The maximum atomic E-state index is 12.7. The molecule has 0 aliphatic carbocycles. The summed E-state index contributed by atoms with van der Waals surface area (Å²) in [5, 5.41) is 2.74. The highest BCUT2D eigenvalue weighted by molar-refractivity contribution is 7.98. The van der Waals surface area contributed by atoms with Gasteiger partial charge in [0.05, 0.1) is 27.9 Å². The highest BCUT2D eigenvalue weighted by atomic mass is 32.2. The third-order valence-corrected chi connectivity index (χ3v) is 4.22. The van der Waals surface area contributed by atoms with E-state index in [0.717, 1.165) is 12.2 Å². The summed E-state index contributed by atoms with van der Waals surface area (Å²) in [5.74, 6) is 1.01. The minimum absolute atomic E-state index is 0.303. The summed E-state index contributed by atoms with van der Waals surface area (Å²) in [5.41, 5.74) is 0.303. The van der Waals surface area contributed by atoms with Crippen molar-refractivity contribution in [3.8, 4) is 17.2 Å². The first-order chi connectivity index (χ1) is 12.5. The summed E-state index contributed by atoms with van der Waals surface area (Å²) >= 11 is 1.60. The third kappa shape index (κ3) is 6.01. The van der Waals surface area contributed by atoms with Crippen LogP contribution in [0.5, 0.6) is 17.2 Å². The second-order valence-electron chi connectivity index (χ2n) is 5.39. The molecule has 8 heteroatoms. The zero-order valence-electron chi connectivity index (χ0n) is 15.9. The number of benzene rings is 1. The Morgan fingerprint density at radius 3 is 2.19 bits per heavy atom. The van der Waals surface area contributed by atoms with Crippen LogP contribution in [0.4, 0.5) is 0 Å². The molecular weight excluding hydrogens is 358 g/mol. The van der Waals surface area contributed by atoms with E-state index < -0.39 is 17.9 Å². The fraction of sp³-hybridized carbons (Fsp3) is 0.556. The Kier molecular flexibility index (Phi) is 9.72. The van der Waals surface area contributed by atoms with E-state index in [1.807, 2.05) is 13.2 Å². The number of amides is 1. The van der Waals surface area contributed by atoms with Crippen LogP contribution in [0.1, 0.15) is 30.1 Å². The van der Waals surface area contributed by atoms with Crippen LogP contribution in [0.2, 0.25) is 0 Å². The van der Waals surface area contributed by atoms with Crippen LogP contribution in [0.15, 0.2) is 12.1 Å². The number of thioether (sulfide) groups is 1. The summed E-state index contributed by atoms with van der Waals surface area (Å²) in [6.07, 6.45) is 3.15. The van der Waals surface area contributed by atoms with E-state index in [1.165, 1.54) is 21.3 Å². The number of rotatable bonds is 11. The van der Waals surface area contributed by atoms with Crippen molar-refractivity contribution in [2.75, 3.05) is 39.9 Å². The van der Waals surface area contributed by atoms with E-state index in [-0.39, 0.29) is 0 Å². The number of methoxy groups -OCH3 is 3. The molecule has 26 heavy (non-hydrogen) atoms. The van der Waals surface area contributed by atoms with E-state index in [2.05, 4.69) is 5.32 Å². The van der Waals surface area contributed by atoms with Crippen molar-refractivity contribution >= 4 is 23.6 Å². The van der Waals surface area contributed by atoms with Gasteiger partial charge < -0.3 is 24.3 Å². The van der Waals surface area contributed by atoms with E-state index in [0.29, 0.717) is 35.8 Å². The van der Waals surface area contributed by atoms with Gasteiger partial charge in [-0.3, -0.25) is 4.79 Å². The molecule has 0 bridgehead atoms. The quantitative estimate of drug-likeness (QED) is 0.586. The second-order valence-corrected chi connectivity index (χ2v) is 6.37. The topological polar surface area (TPSA) is 83.1 Å². The van der Waals surface area contributed by atoms with Gasteiger partial charge in [0.25, 0.3) is 5.91 Å². The average molecular weight is 385 g/mol. The molecule has 0 radical (unpaired) electrons. The Balaban J connectivity index is 3.02. The summed E-state index contributed by atoms with van der Waals surface area (Å²) in [4.78, 5) is 24.9. The molecule has 0 spiro atoms. The number of carbonyl (C=O) groups is 2. The number of esters is 1. The van der Waals surface area contributed by atoms with Crippen molar-refractivity contribution in [3.05, 3.63) is 17.7 Å². The summed E-state index contributed by atoms with van der Waals surface area (Å²) in [6.45, 7) is 2.24. The Morgan fingerprint density at radius 1 is 1.12 bits per heavy atom. The van der Waals surface area contributed by atoms with Gasteiger partial charge >= 0.3 is 5.97 Å². The lowest BCUT2D eigenvalue weighted by Crippen LogP contribution is -2.42. The molecule has 1 N–H and O–H groups in total. The standard InChI is InChI=1S/C18H27NO6S/c1-6-8-25-18(21)13(7-9-26-5)19-17(20)12-10-14(22-2)16(24-4)15(11-12)23-3/h10-11,13H,6-9H2,1-5H3,(H,19,20)/t13-/m0/s1. The van der Waals surface area contributed by atoms with Gasteiger partial charge in [0.15, 0.2) is 11.5 Å². The zero-order valence-corrected chi connectivity index (χ0v) is 16.7. The molecule has 0 aliphatic rings. The van der Waals surface area contributed by atoms with Crippen molar-refractivity contribution < 1.29 is 28.5 Å². The molecule has 0 fully saturated rings. The van der Waals surface area contributed by atoms with Gasteiger partial charge in [0, 0.05) is 5.56 Å². The van der Waals surface area contributed by atoms with Gasteiger partial charge in [0.1, 0.15) is 6.04 Å². The zero-order chi connectivity index (χ0) is 19.5. The Morgan fingerprint density at radius 2 is 1.73 bits per heavy atom. The van der Waals surface area contributed by atoms with Crippen molar-refractivity contribution in [3.63, 3.8) is 0 Å². The molecular formula is C18H27NO6S. The van der Waals surface area contributed by atoms with E-state index in [4.69, 9.17) is 18.9 Å². The monoisotopic (exact) mass is 385 g/mol. The molecule has 1 atom stereocenters. The maximum absolute atomic E-state index is 12.7. The van der Waals surface area contributed by atoms with Crippen molar-refractivity contribution in [2.24, 2.45) is 0 Å². The highest BCUT2D eigenvalue weighted by Gasteiger charge is 2.24. The third-order valence-electron chi connectivity index (χ3n) is 3.58. The molecule has 0 aromatic heterocycles. The van der Waals surface area contributed by atoms with Crippen LogP contribution in [0.25, 0.3) is 0 Å². The number of nitrogens with one attached hydrogen (secondary N) is 1. The van der Waals surface area contributed by atoms with Gasteiger partial charge in [-0.15, -0.1) is 0 Å². The second kappa shape index (κ2) is 11.5. The molecule has 0 unspecified atom stereocenters. The summed E-state index contributed by atoms with van der Waals surface area (Å²) in [6, 6.07) is 2.37. The molecule has 0 aliphatic heterocycles. The first-order valence-electron chi connectivity index (χ1n) is 8.28. The predicted molar refractivity (Wildman–Crippen MR) is 102 cm³/mol. The number of hydrogen-bond acceptors (Lipinski definition) is 7. The van der Waals surface area contributed by atoms with Crippen LogP contribution in [0, 0.1) is 0 Å². The molecule has 1 amide bonds.